The molecule has 0 aliphatic rings. The highest BCUT2D eigenvalue weighted by molar-refractivity contribution is 5.80. The second kappa shape index (κ2) is 10.4. The average molecular weight is 390 g/mol. The molecule has 3 aromatic rings. The number of amides is 1. The molecule has 0 saturated heterocycles. The summed E-state index contributed by atoms with van der Waals surface area (Å²) in [6, 6.07) is 21.3. The van der Waals surface area contributed by atoms with E-state index in [1.807, 2.05) is 73.7 Å². The van der Waals surface area contributed by atoms with Crippen molar-refractivity contribution in [3.8, 4) is 5.75 Å². The van der Waals surface area contributed by atoms with E-state index in [1.165, 1.54) is 0 Å². The van der Waals surface area contributed by atoms with Gasteiger partial charge in [-0.1, -0.05) is 48.5 Å². The summed E-state index contributed by atoms with van der Waals surface area (Å²) in [4.78, 5) is 16.5. The third-order valence-electron chi connectivity index (χ3n) is 4.58. The van der Waals surface area contributed by atoms with E-state index < -0.39 is 6.10 Å². The predicted octanol–water partition coefficient (Wildman–Crippen LogP) is 4.44. The van der Waals surface area contributed by atoms with Crippen molar-refractivity contribution in [3.05, 3.63) is 95.8 Å². The Morgan fingerprint density at radius 3 is 2.34 bits per heavy atom. The summed E-state index contributed by atoms with van der Waals surface area (Å²) < 4.78 is 11.5. The molecule has 0 aliphatic heterocycles. The number of carbonyl (C=O) groups excluding carboxylic acids is 1. The molecule has 0 saturated carbocycles. The van der Waals surface area contributed by atoms with Gasteiger partial charge >= 0.3 is 0 Å². The minimum atomic E-state index is -0.528. The van der Waals surface area contributed by atoms with Crippen LogP contribution < -0.4 is 10.1 Å². The SMILES string of the molecule is CC(OCc1ccccc1)C(=O)NC(C)c1ccc(OCc2cccnc2)cc1. The minimum Gasteiger partial charge on any atom is -0.489 e. The fraction of sp³-hybridized carbons (Fsp3) is 0.250. The zero-order chi connectivity index (χ0) is 20.5. The number of nitrogens with one attached hydrogen (secondary N) is 1. The highest BCUT2D eigenvalue weighted by Crippen LogP contribution is 2.19. The number of aromatic nitrogens is 1. The summed E-state index contributed by atoms with van der Waals surface area (Å²) in [5.74, 6) is 0.640. The van der Waals surface area contributed by atoms with Gasteiger partial charge in [0.2, 0.25) is 5.91 Å². The molecule has 1 aromatic heterocycles. The van der Waals surface area contributed by atoms with Crippen LogP contribution in [0.2, 0.25) is 0 Å². The van der Waals surface area contributed by atoms with Crippen molar-refractivity contribution >= 4 is 5.91 Å². The molecule has 5 nitrogen and oxygen atoms in total. The lowest BCUT2D eigenvalue weighted by Gasteiger charge is -2.19. The average Bonchev–Trinajstić information content (AvgIpc) is 2.77. The maximum atomic E-state index is 12.4. The molecular weight excluding hydrogens is 364 g/mol. The van der Waals surface area contributed by atoms with Crippen LogP contribution in [0.15, 0.2) is 79.1 Å². The van der Waals surface area contributed by atoms with Crippen LogP contribution in [0, 0.1) is 0 Å². The first-order valence-electron chi connectivity index (χ1n) is 9.69. The summed E-state index contributed by atoms with van der Waals surface area (Å²) in [5.41, 5.74) is 3.06. The topological polar surface area (TPSA) is 60.5 Å². The van der Waals surface area contributed by atoms with Crippen molar-refractivity contribution in [2.75, 3.05) is 0 Å². The molecule has 0 aliphatic carbocycles. The maximum absolute atomic E-state index is 12.4. The number of pyridine rings is 1. The van der Waals surface area contributed by atoms with E-state index >= 15 is 0 Å². The molecular formula is C24H26N2O3. The molecule has 0 bridgehead atoms. The Morgan fingerprint density at radius 2 is 1.66 bits per heavy atom. The van der Waals surface area contributed by atoms with Crippen molar-refractivity contribution in [2.45, 2.75) is 39.2 Å². The summed E-state index contributed by atoms with van der Waals surface area (Å²) in [6.07, 6.45) is 2.99. The van der Waals surface area contributed by atoms with Gasteiger partial charge in [0.25, 0.3) is 0 Å². The van der Waals surface area contributed by atoms with Gasteiger partial charge in [0.1, 0.15) is 18.5 Å². The third kappa shape index (κ3) is 6.43. The second-order valence-electron chi connectivity index (χ2n) is 6.89. The van der Waals surface area contributed by atoms with E-state index in [1.54, 1.807) is 19.3 Å². The lowest BCUT2D eigenvalue weighted by atomic mass is 10.1. The molecule has 5 heteroatoms. The Bertz CT molecular complexity index is 883. The summed E-state index contributed by atoms with van der Waals surface area (Å²) >= 11 is 0. The van der Waals surface area contributed by atoms with Gasteiger partial charge in [-0.15, -0.1) is 0 Å². The standard InChI is InChI=1S/C24H26N2O3/c1-18(26-24(27)19(2)28-16-20-7-4-3-5-8-20)22-10-12-23(13-11-22)29-17-21-9-6-14-25-15-21/h3-15,18-19H,16-17H2,1-2H3,(H,26,27). The number of rotatable bonds is 9. The lowest BCUT2D eigenvalue weighted by Crippen LogP contribution is -2.36. The molecule has 2 unspecified atom stereocenters. The van der Waals surface area contributed by atoms with Gasteiger partial charge in [0.05, 0.1) is 12.6 Å². The zero-order valence-electron chi connectivity index (χ0n) is 16.7. The Hall–Kier alpha value is -3.18. The van der Waals surface area contributed by atoms with Crippen LogP contribution in [0.5, 0.6) is 5.75 Å². The molecule has 0 fully saturated rings. The highest BCUT2D eigenvalue weighted by atomic mass is 16.5. The van der Waals surface area contributed by atoms with Gasteiger partial charge in [-0.2, -0.15) is 0 Å². The molecule has 1 N–H and O–H groups in total. The number of hydrogen-bond acceptors (Lipinski definition) is 4. The van der Waals surface area contributed by atoms with Crippen LogP contribution in [0.1, 0.15) is 36.6 Å². The van der Waals surface area contributed by atoms with Crippen molar-refractivity contribution in [1.29, 1.82) is 0 Å². The van der Waals surface area contributed by atoms with Gasteiger partial charge in [0.15, 0.2) is 0 Å². The summed E-state index contributed by atoms with van der Waals surface area (Å²) in [5, 5.41) is 3.00. The van der Waals surface area contributed by atoms with Crippen molar-refractivity contribution in [3.63, 3.8) is 0 Å². The molecule has 2 atom stereocenters. The first-order valence-corrected chi connectivity index (χ1v) is 9.69. The second-order valence-corrected chi connectivity index (χ2v) is 6.89. The van der Waals surface area contributed by atoms with Gasteiger partial charge in [0, 0.05) is 18.0 Å². The number of carbonyl (C=O) groups is 1. The van der Waals surface area contributed by atoms with Crippen molar-refractivity contribution < 1.29 is 14.3 Å². The van der Waals surface area contributed by atoms with Crippen LogP contribution in [0.4, 0.5) is 0 Å². The van der Waals surface area contributed by atoms with E-state index in [0.29, 0.717) is 13.2 Å². The Labute approximate surface area is 171 Å². The fourth-order valence-electron chi connectivity index (χ4n) is 2.79. The molecule has 0 spiro atoms. The van der Waals surface area contributed by atoms with E-state index in [2.05, 4.69) is 10.3 Å². The van der Waals surface area contributed by atoms with E-state index in [0.717, 1.165) is 22.4 Å². The van der Waals surface area contributed by atoms with Gasteiger partial charge in [-0.25, -0.2) is 0 Å². The van der Waals surface area contributed by atoms with Gasteiger partial charge in [-0.3, -0.25) is 9.78 Å². The quantitative estimate of drug-likeness (QED) is 0.587. The van der Waals surface area contributed by atoms with Gasteiger partial charge < -0.3 is 14.8 Å². The fourth-order valence-corrected chi connectivity index (χ4v) is 2.79. The molecule has 0 radical (unpaired) electrons. The number of benzene rings is 2. The van der Waals surface area contributed by atoms with Gasteiger partial charge in [-0.05, 0) is 43.2 Å². The Kier molecular flexibility index (Phi) is 7.36. The van der Waals surface area contributed by atoms with Crippen LogP contribution in [0.25, 0.3) is 0 Å². The molecule has 3 rings (SSSR count). The largest absolute Gasteiger partial charge is 0.489 e. The van der Waals surface area contributed by atoms with E-state index in [9.17, 15) is 4.79 Å². The first-order chi connectivity index (χ1) is 14.1. The number of ether oxygens (including phenoxy) is 2. The Balaban J connectivity index is 1.46. The van der Waals surface area contributed by atoms with Crippen LogP contribution in [-0.4, -0.2) is 17.0 Å². The maximum Gasteiger partial charge on any atom is 0.249 e. The zero-order valence-corrected chi connectivity index (χ0v) is 16.7. The summed E-state index contributed by atoms with van der Waals surface area (Å²) in [7, 11) is 0. The monoisotopic (exact) mass is 390 g/mol. The molecule has 1 amide bonds. The molecule has 2 aromatic carbocycles. The number of nitrogens with zero attached hydrogens (tertiary/aromatic N) is 1. The first kappa shape index (κ1) is 20.6. The predicted molar refractivity (Wildman–Crippen MR) is 112 cm³/mol. The lowest BCUT2D eigenvalue weighted by molar-refractivity contribution is -0.133. The van der Waals surface area contributed by atoms with Crippen LogP contribution in [0.3, 0.4) is 0 Å². The molecule has 150 valence electrons. The van der Waals surface area contributed by atoms with Crippen molar-refractivity contribution in [1.82, 2.24) is 10.3 Å². The van der Waals surface area contributed by atoms with E-state index in [-0.39, 0.29) is 11.9 Å². The molecule has 1 heterocycles. The van der Waals surface area contributed by atoms with Crippen LogP contribution >= 0.6 is 0 Å². The smallest absolute Gasteiger partial charge is 0.249 e. The number of hydrogen-bond donors (Lipinski definition) is 1. The van der Waals surface area contributed by atoms with Crippen LogP contribution in [-0.2, 0) is 22.7 Å². The minimum absolute atomic E-state index is 0.127. The normalized spacial score (nSPS) is 12.8. The Morgan fingerprint density at radius 1 is 0.931 bits per heavy atom. The third-order valence-corrected chi connectivity index (χ3v) is 4.58. The summed E-state index contributed by atoms with van der Waals surface area (Å²) in [6.45, 7) is 4.59. The van der Waals surface area contributed by atoms with Crippen molar-refractivity contribution in [2.24, 2.45) is 0 Å². The molecule has 29 heavy (non-hydrogen) atoms. The van der Waals surface area contributed by atoms with E-state index in [4.69, 9.17) is 9.47 Å². The highest BCUT2D eigenvalue weighted by Gasteiger charge is 2.17.